The van der Waals surface area contributed by atoms with Crippen molar-refractivity contribution in [2.75, 3.05) is 6.54 Å². The molecule has 0 amide bonds. The summed E-state index contributed by atoms with van der Waals surface area (Å²) in [5, 5.41) is 4.51. The van der Waals surface area contributed by atoms with Gasteiger partial charge in [0, 0.05) is 36.1 Å². The molecule has 1 aliphatic rings. The number of aromatic nitrogens is 2. The molecule has 15 heavy (non-hydrogen) atoms. The van der Waals surface area contributed by atoms with E-state index < -0.39 is 0 Å². The Balaban J connectivity index is 2.14. The summed E-state index contributed by atoms with van der Waals surface area (Å²) in [6, 6.07) is 4.10. The summed E-state index contributed by atoms with van der Waals surface area (Å²) in [5.74, 6) is 0. The maximum atomic E-state index is 4.29. The van der Waals surface area contributed by atoms with Crippen molar-refractivity contribution in [3.05, 3.63) is 36.3 Å². The average Bonchev–Trinajstić information content (AvgIpc) is 2.74. The monoisotopic (exact) mass is 199 g/mol. The van der Waals surface area contributed by atoms with Gasteiger partial charge in [-0.25, -0.2) is 4.98 Å². The number of nitrogens with one attached hydrogen (secondary N) is 2. The second-order valence-corrected chi connectivity index (χ2v) is 3.83. The third-order valence-electron chi connectivity index (χ3n) is 2.84. The summed E-state index contributed by atoms with van der Waals surface area (Å²) in [7, 11) is 0. The molecule has 0 fully saturated rings. The topological polar surface area (TPSA) is 40.7 Å². The van der Waals surface area contributed by atoms with E-state index in [1.807, 2.05) is 12.3 Å². The molecular formula is C12H13N3. The number of nitrogens with zero attached hydrogens (tertiary/aromatic N) is 1. The van der Waals surface area contributed by atoms with Crippen molar-refractivity contribution >= 4 is 16.6 Å². The van der Waals surface area contributed by atoms with E-state index in [2.05, 4.69) is 33.7 Å². The molecule has 0 unspecified atom stereocenters. The molecule has 3 rings (SSSR count). The summed E-state index contributed by atoms with van der Waals surface area (Å²) in [6.07, 6.45) is 8.35. The normalized spacial score (nSPS) is 16.1. The van der Waals surface area contributed by atoms with Crippen molar-refractivity contribution in [2.24, 2.45) is 0 Å². The first-order chi connectivity index (χ1) is 7.45. The van der Waals surface area contributed by atoms with E-state index in [1.54, 1.807) is 0 Å². The smallest absolute Gasteiger partial charge is 0.137 e. The van der Waals surface area contributed by atoms with E-state index in [1.165, 1.54) is 22.9 Å². The van der Waals surface area contributed by atoms with Gasteiger partial charge in [0.05, 0.1) is 0 Å². The highest BCUT2D eigenvalue weighted by Crippen LogP contribution is 2.27. The van der Waals surface area contributed by atoms with Crippen LogP contribution in [0.4, 0.5) is 0 Å². The molecule has 0 radical (unpaired) electrons. The summed E-state index contributed by atoms with van der Waals surface area (Å²) in [4.78, 5) is 7.50. The Bertz CT molecular complexity index is 510. The lowest BCUT2D eigenvalue weighted by molar-refractivity contribution is 0.740. The minimum atomic E-state index is 0.971. The number of H-pyrrole nitrogens is 1. The Labute approximate surface area is 88.2 Å². The number of hydrogen-bond acceptors (Lipinski definition) is 2. The van der Waals surface area contributed by atoms with Crippen LogP contribution in [0, 0.1) is 0 Å². The second-order valence-electron chi connectivity index (χ2n) is 3.83. The quantitative estimate of drug-likeness (QED) is 0.739. The highest BCUT2D eigenvalue weighted by molar-refractivity contribution is 5.90. The van der Waals surface area contributed by atoms with Crippen LogP contribution >= 0.6 is 0 Å². The molecule has 3 heterocycles. The third kappa shape index (κ3) is 1.40. The fourth-order valence-corrected chi connectivity index (χ4v) is 2.08. The summed E-state index contributed by atoms with van der Waals surface area (Å²) in [6.45, 7) is 1.09. The zero-order chi connectivity index (χ0) is 10.1. The number of fused-ring (bicyclic) bond motifs is 1. The van der Waals surface area contributed by atoms with Crippen LogP contribution in [-0.2, 0) is 0 Å². The molecular weight excluding hydrogens is 186 g/mol. The average molecular weight is 199 g/mol. The predicted octanol–water partition coefficient (Wildman–Crippen LogP) is 2.29. The van der Waals surface area contributed by atoms with E-state index in [-0.39, 0.29) is 0 Å². The van der Waals surface area contributed by atoms with Crippen LogP contribution in [0.5, 0.6) is 0 Å². The number of aromatic amines is 1. The molecule has 0 spiro atoms. The van der Waals surface area contributed by atoms with Gasteiger partial charge in [0.2, 0.25) is 0 Å². The second kappa shape index (κ2) is 3.42. The van der Waals surface area contributed by atoms with Crippen molar-refractivity contribution in [2.45, 2.75) is 12.8 Å². The zero-order valence-electron chi connectivity index (χ0n) is 8.46. The van der Waals surface area contributed by atoms with Crippen LogP contribution in [-0.4, -0.2) is 16.5 Å². The van der Waals surface area contributed by atoms with Crippen molar-refractivity contribution in [1.82, 2.24) is 15.3 Å². The van der Waals surface area contributed by atoms with Gasteiger partial charge in [-0.15, -0.1) is 0 Å². The molecule has 0 saturated heterocycles. The van der Waals surface area contributed by atoms with Gasteiger partial charge in [0.25, 0.3) is 0 Å². The van der Waals surface area contributed by atoms with Crippen molar-refractivity contribution < 1.29 is 0 Å². The fraction of sp³-hybridized carbons (Fsp3) is 0.250. The molecule has 1 aliphatic heterocycles. The fourth-order valence-electron chi connectivity index (χ4n) is 2.08. The molecule has 0 aromatic carbocycles. The molecule has 3 nitrogen and oxygen atoms in total. The Kier molecular flexibility index (Phi) is 1.95. The first-order valence-corrected chi connectivity index (χ1v) is 5.30. The van der Waals surface area contributed by atoms with Gasteiger partial charge >= 0.3 is 0 Å². The number of rotatable bonds is 1. The number of hydrogen-bond donors (Lipinski definition) is 2. The Morgan fingerprint density at radius 2 is 2.33 bits per heavy atom. The van der Waals surface area contributed by atoms with Gasteiger partial charge in [0.15, 0.2) is 0 Å². The van der Waals surface area contributed by atoms with E-state index in [0.29, 0.717) is 0 Å². The first-order valence-electron chi connectivity index (χ1n) is 5.30. The number of pyridine rings is 1. The summed E-state index contributed by atoms with van der Waals surface area (Å²) < 4.78 is 0. The predicted molar refractivity (Wildman–Crippen MR) is 61.3 cm³/mol. The van der Waals surface area contributed by atoms with Crippen LogP contribution < -0.4 is 5.32 Å². The molecule has 2 N–H and O–H groups in total. The molecule has 76 valence electrons. The molecule has 3 heteroatoms. The first kappa shape index (κ1) is 8.53. The minimum absolute atomic E-state index is 0.971. The molecule has 2 aromatic rings. The van der Waals surface area contributed by atoms with Crippen LogP contribution in [0.25, 0.3) is 16.6 Å². The van der Waals surface area contributed by atoms with Gasteiger partial charge < -0.3 is 10.3 Å². The maximum absolute atomic E-state index is 4.29. The Morgan fingerprint density at radius 1 is 1.33 bits per heavy atom. The van der Waals surface area contributed by atoms with E-state index >= 15 is 0 Å². The van der Waals surface area contributed by atoms with Crippen LogP contribution in [0.1, 0.15) is 18.4 Å². The van der Waals surface area contributed by atoms with Crippen molar-refractivity contribution in [3.63, 3.8) is 0 Å². The van der Waals surface area contributed by atoms with Gasteiger partial charge in [0.1, 0.15) is 5.65 Å². The lowest BCUT2D eigenvalue weighted by atomic mass is 10.0. The SMILES string of the molecule is C1=C(c2c[nH]c3ncccc23)CCCN1. The molecule has 2 aromatic heterocycles. The van der Waals surface area contributed by atoms with Gasteiger partial charge in [-0.1, -0.05) is 0 Å². The minimum Gasteiger partial charge on any atom is -0.391 e. The largest absolute Gasteiger partial charge is 0.391 e. The van der Waals surface area contributed by atoms with Crippen molar-refractivity contribution in [3.8, 4) is 0 Å². The van der Waals surface area contributed by atoms with Crippen LogP contribution in [0.15, 0.2) is 30.7 Å². The van der Waals surface area contributed by atoms with Crippen molar-refractivity contribution in [1.29, 1.82) is 0 Å². The van der Waals surface area contributed by atoms with Crippen LogP contribution in [0.3, 0.4) is 0 Å². The van der Waals surface area contributed by atoms with Gasteiger partial charge in [-0.3, -0.25) is 0 Å². The van der Waals surface area contributed by atoms with Gasteiger partial charge in [-0.05, 0) is 30.5 Å². The standard InChI is InChI=1S/C12H13N3/c1-3-9(7-13-5-1)11-8-15-12-10(11)4-2-6-14-12/h2,4,6-8,13H,1,3,5H2,(H,14,15). The maximum Gasteiger partial charge on any atom is 0.137 e. The zero-order valence-corrected chi connectivity index (χ0v) is 8.46. The summed E-state index contributed by atoms with van der Waals surface area (Å²) >= 11 is 0. The van der Waals surface area contributed by atoms with Gasteiger partial charge in [-0.2, -0.15) is 0 Å². The third-order valence-corrected chi connectivity index (χ3v) is 2.84. The highest BCUT2D eigenvalue weighted by Gasteiger charge is 2.10. The molecule has 0 saturated carbocycles. The molecule has 0 bridgehead atoms. The lowest BCUT2D eigenvalue weighted by Gasteiger charge is -2.13. The Hall–Kier alpha value is -1.77. The van der Waals surface area contributed by atoms with E-state index in [4.69, 9.17) is 0 Å². The van der Waals surface area contributed by atoms with E-state index in [9.17, 15) is 0 Å². The summed E-state index contributed by atoms with van der Waals surface area (Å²) in [5.41, 5.74) is 3.63. The van der Waals surface area contributed by atoms with E-state index in [0.717, 1.165) is 18.6 Å². The Morgan fingerprint density at radius 3 is 3.20 bits per heavy atom. The molecule has 0 aliphatic carbocycles. The molecule has 0 atom stereocenters. The lowest BCUT2D eigenvalue weighted by Crippen LogP contribution is -2.12. The highest BCUT2D eigenvalue weighted by atomic mass is 14.9. The van der Waals surface area contributed by atoms with Crippen LogP contribution in [0.2, 0.25) is 0 Å². The number of allylic oxidation sites excluding steroid dienone is 1.